The SMILES string of the molecule is CCN(C)c1ccc(/C(=C2/C=CC(=[NH+]CC3(C)CC4CC(CNc5ccc(C(=C6C=CCC=C6)c6ccc(N(CC)CC)cc6)c6ccccc56)C(C4)C3)c3ccccc32)c2ccc(N(CC)CC)cc2)cc1.CCNCC. The number of hydrogen-bond donors (Lipinski definition) is 3. The molecule has 6 nitrogen and oxygen atoms in total. The van der Waals surface area contributed by atoms with Gasteiger partial charge >= 0.3 is 0 Å². The smallest absolute Gasteiger partial charge is 0.206 e. The van der Waals surface area contributed by atoms with Crippen molar-refractivity contribution in [2.75, 3.05) is 86.0 Å². The van der Waals surface area contributed by atoms with Crippen LogP contribution in [0.15, 0.2) is 175 Å². The van der Waals surface area contributed by atoms with Crippen molar-refractivity contribution >= 4 is 56.0 Å². The van der Waals surface area contributed by atoms with Crippen molar-refractivity contribution in [3.05, 3.63) is 209 Å². The first-order valence-corrected chi connectivity index (χ1v) is 29.8. The fourth-order valence-corrected chi connectivity index (χ4v) is 13.3. The fraction of sp³-hybridized carbons (Fsp3) is 0.375. The molecule has 0 saturated heterocycles. The minimum absolute atomic E-state index is 0.225. The van der Waals surface area contributed by atoms with Gasteiger partial charge in [-0.1, -0.05) is 130 Å². The molecular weight excluding hydrogens is 949 g/mol. The molecule has 0 heterocycles. The van der Waals surface area contributed by atoms with E-state index in [1.54, 1.807) is 0 Å². The zero-order valence-corrected chi connectivity index (χ0v) is 48.6. The Balaban J connectivity index is 0.00000142. The number of benzene rings is 6. The molecule has 6 heteroatoms. The molecule has 4 unspecified atom stereocenters. The highest BCUT2D eigenvalue weighted by molar-refractivity contribution is 6.17. The zero-order chi connectivity index (χ0) is 54.6. The van der Waals surface area contributed by atoms with Crippen LogP contribution >= 0.6 is 0 Å². The quantitative estimate of drug-likeness (QED) is 0.0755. The summed E-state index contributed by atoms with van der Waals surface area (Å²) < 4.78 is 0. The number of anilines is 4. The largest absolute Gasteiger partial charge is 0.384 e. The van der Waals surface area contributed by atoms with Crippen molar-refractivity contribution in [3.8, 4) is 0 Å². The van der Waals surface area contributed by atoms with Crippen molar-refractivity contribution in [1.82, 2.24) is 5.32 Å². The van der Waals surface area contributed by atoms with Gasteiger partial charge in [-0.3, -0.25) is 0 Å². The molecule has 78 heavy (non-hydrogen) atoms. The number of rotatable bonds is 19. The summed E-state index contributed by atoms with van der Waals surface area (Å²) in [5.74, 6) is 2.15. The Morgan fingerprint density at radius 2 is 1.13 bits per heavy atom. The molecule has 4 aliphatic carbocycles. The first-order chi connectivity index (χ1) is 38.1. The predicted octanol–water partition coefficient (Wildman–Crippen LogP) is 14.9. The lowest BCUT2D eigenvalue weighted by molar-refractivity contribution is -0.476. The first kappa shape index (κ1) is 55.9. The van der Waals surface area contributed by atoms with Gasteiger partial charge in [0.15, 0.2) is 0 Å². The number of hydrogen-bond acceptors (Lipinski definition) is 5. The number of nitrogens with one attached hydrogen (secondary N) is 3. The van der Waals surface area contributed by atoms with Gasteiger partial charge in [-0.2, -0.15) is 0 Å². The number of fused-ring (bicyclic) bond motifs is 4. The maximum atomic E-state index is 4.08. The molecule has 10 rings (SSSR count). The van der Waals surface area contributed by atoms with E-state index in [0.29, 0.717) is 5.92 Å². The van der Waals surface area contributed by atoms with Gasteiger partial charge in [-0.25, -0.2) is 4.99 Å². The monoisotopic (exact) mass is 1040 g/mol. The van der Waals surface area contributed by atoms with E-state index in [0.717, 1.165) is 77.2 Å². The van der Waals surface area contributed by atoms with Crippen molar-refractivity contribution in [3.63, 3.8) is 0 Å². The van der Waals surface area contributed by atoms with Crippen LogP contribution in [0.25, 0.3) is 27.5 Å². The highest BCUT2D eigenvalue weighted by Gasteiger charge is 2.47. The molecule has 2 fully saturated rings. The molecule has 0 aromatic heterocycles. The molecule has 0 amide bonds. The second-order valence-corrected chi connectivity index (χ2v) is 22.4. The molecule has 4 atom stereocenters. The summed E-state index contributed by atoms with van der Waals surface area (Å²) in [6.45, 7) is 27.0. The molecule has 0 spiro atoms. The van der Waals surface area contributed by atoms with Crippen LogP contribution in [0, 0.1) is 23.2 Å². The molecule has 0 radical (unpaired) electrons. The Kier molecular flexibility index (Phi) is 18.7. The van der Waals surface area contributed by atoms with Crippen LogP contribution in [-0.4, -0.2) is 71.7 Å². The molecule has 4 aliphatic rings. The van der Waals surface area contributed by atoms with Gasteiger partial charge in [0.1, 0.15) is 6.54 Å². The van der Waals surface area contributed by atoms with Crippen molar-refractivity contribution < 1.29 is 4.99 Å². The lowest BCUT2D eigenvalue weighted by atomic mass is 9.69. The summed E-state index contributed by atoms with van der Waals surface area (Å²) in [5.41, 5.74) is 19.2. The molecule has 0 aliphatic heterocycles. The van der Waals surface area contributed by atoms with E-state index in [4.69, 9.17) is 0 Å². The molecule has 2 saturated carbocycles. The van der Waals surface area contributed by atoms with Gasteiger partial charge in [0.05, 0.1) is 5.56 Å². The Morgan fingerprint density at radius 3 is 1.71 bits per heavy atom. The van der Waals surface area contributed by atoms with Crippen molar-refractivity contribution in [1.29, 1.82) is 0 Å². The lowest BCUT2D eigenvalue weighted by Crippen LogP contribution is -2.77. The summed E-state index contributed by atoms with van der Waals surface area (Å²) in [5, 5.41) is 9.76. The number of allylic oxidation sites excluding steroid dienone is 8. The Morgan fingerprint density at radius 1 is 0.564 bits per heavy atom. The molecule has 2 bridgehead atoms. The standard InChI is InChI=1S/C68H77N5.C4H11N/c1-8-71(7)55-32-26-50(27-33-55)67(52-30-36-57(37-31-52)73(11-4)12-5)63-39-41-65(61-25-19-17-23-59(61)63)70-47-68(6)44-48-42-53(45-68)54(43-48)46-69-64-40-38-62(58-22-16-18-24-60(58)64)66(49-20-14-13-15-21-49)51-28-34-56(35-29-51)72(9-2)10-3;1-3-5-4-2/h14-41,48,53-54,69H,8-13,42-47H2,1-7H3;5H,3-4H2,1-2H3/p+1/b67-63+,70-65?;. The molecule has 406 valence electrons. The average molecular weight is 1040 g/mol. The second kappa shape index (κ2) is 26.2. The van der Waals surface area contributed by atoms with Gasteiger partial charge in [-0.15, -0.1) is 0 Å². The van der Waals surface area contributed by atoms with Gasteiger partial charge in [-0.05, 0) is 208 Å². The summed E-state index contributed by atoms with van der Waals surface area (Å²) in [6.07, 6.45) is 20.1. The Hall–Kier alpha value is -6.89. The van der Waals surface area contributed by atoms with Crippen LogP contribution < -0.4 is 30.3 Å². The van der Waals surface area contributed by atoms with E-state index in [-0.39, 0.29) is 5.41 Å². The predicted molar refractivity (Wildman–Crippen MR) is 339 cm³/mol. The van der Waals surface area contributed by atoms with Gasteiger partial charge in [0, 0.05) is 85.9 Å². The molecule has 3 N–H and O–H groups in total. The first-order valence-electron chi connectivity index (χ1n) is 29.8. The highest BCUT2D eigenvalue weighted by Crippen LogP contribution is 2.53. The maximum absolute atomic E-state index is 4.08. The average Bonchev–Trinajstić information content (AvgIpc) is 3.82. The van der Waals surface area contributed by atoms with Gasteiger partial charge in [0.2, 0.25) is 5.71 Å². The van der Waals surface area contributed by atoms with E-state index >= 15 is 0 Å². The van der Waals surface area contributed by atoms with E-state index < -0.39 is 0 Å². The summed E-state index contributed by atoms with van der Waals surface area (Å²) in [4.78, 5) is 11.2. The minimum Gasteiger partial charge on any atom is -0.384 e. The minimum atomic E-state index is 0.225. The van der Waals surface area contributed by atoms with Crippen LogP contribution in [0.1, 0.15) is 121 Å². The highest BCUT2D eigenvalue weighted by atomic mass is 15.1. The number of nitrogens with zero attached hydrogens (tertiary/aromatic N) is 3. The van der Waals surface area contributed by atoms with Crippen LogP contribution in [0.4, 0.5) is 22.7 Å². The van der Waals surface area contributed by atoms with E-state index in [9.17, 15) is 0 Å². The third kappa shape index (κ3) is 12.5. The molecule has 6 aromatic rings. The normalized spacial score (nSPS) is 20.3. The van der Waals surface area contributed by atoms with Crippen LogP contribution in [0.2, 0.25) is 0 Å². The van der Waals surface area contributed by atoms with E-state index in [1.165, 1.54) is 121 Å². The zero-order valence-electron chi connectivity index (χ0n) is 48.6. The fourth-order valence-electron chi connectivity index (χ4n) is 13.3. The van der Waals surface area contributed by atoms with Crippen molar-refractivity contribution in [2.45, 2.75) is 87.5 Å². The summed E-state index contributed by atoms with van der Waals surface area (Å²) in [7, 11) is 2.16. The lowest BCUT2D eigenvalue weighted by Gasteiger charge is -2.35. The van der Waals surface area contributed by atoms with Crippen LogP contribution in [0.5, 0.6) is 0 Å². The molecular formula is C72H89N6+. The Labute approximate surface area is 469 Å². The summed E-state index contributed by atoms with van der Waals surface area (Å²) in [6, 6.07) is 50.5. The third-order valence-electron chi connectivity index (χ3n) is 17.4. The third-order valence-corrected chi connectivity index (χ3v) is 17.4. The summed E-state index contributed by atoms with van der Waals surface area (Å²) >= 11 is 0. The van der Waals surface area contributed by atoms with Crippen LogP contribution in [-0.2, 0) is 0 Å². The van der Waals surface area contributed by atoms with Crippen LogP contribution in [0.3, 0.4) is 0 Å². The van der Waals surface area contributed by atoms with E-state index in [1.807, 2.05) is 0 Å². The van der Waals surface area contributed by atoms with E-state index in [2.05, 4.69) is 263 Å². The Bertz CT molecular complexity index is 3130. The maximum Gasteiger partial charge on any atom is 0.206 e. The van der Waals surface area contributed by atoms with Gasteiger partial charge in [0.25, 0.3) is 0 Å². The van der Waals surface area contributed by atoms with Gasteiger partial charge < -0.3 is 25.3 Å². The topological polar surface area (TPSA) is 47.8 Å². The van der Waals surface area contributed by atoms with Crippen molar-refractivity contribution in [2.24, 2.45) is 23.2 Å². The molecule has 6 aromatic carbocycles. The second-order valence-electron chi connectivity index (χ2n) is 22.4.